The molecule has 241 valence electrons. The van der Waals surface area contributed by atoms with Gasteiger partial charge in [0.15, 0.2) is 5.78 Å². The summed E-state index contributed by atoms with van der Waals surface area (Å²) in [6, 6.07) is 39.7. The van der Waals surface area contributed by atoms with Crippen LogP contribution in [-0.4, -0.2) is 23.9 Å². The molecule has 1 heterocycles. The maximum atomic E-state index is 11.5. The van der Waals surface area contributed by atoms with Gasteiger partial charge in [0.25, 0.3) is 0 Å². The van der Waals surface area contributed by atoms with Crippen molar-refractivity contribution in [1.29, 1.82) is 0 Å². The number of allylic oxidation sites excluding steroid dienone is 2. The second-order valence-electron chi connectivity index (χ2n) is 14.6. The van der Waals surface area contributed by atoms with Gasteiger partial charge in [-0.15, -0.1) is 35.4 Å². The van der Waals surface area contributed by atoms with Gasteiger partial charge in [-0.25, -0.2) is 0 Å². The monoisotopic (exact) mass is 805 g/mol. The molecule has 1 radical (unpaired) electrons. The number of hydrogen-bond donors (Lipinski definition) is 1. The van der Waals surface area contributed by atoms with Crippen molar-refractivity contribution in [2.75, 3.05) is 0 Å². The standard InChI is InChI=1S/C30H26NSi.C11H20O2.Ir/c1-32(2,3)29-21-28(25-17-10-16-24(20-25)22-12-6-4-7-13-22)31-27-19-11-18-26(30(27)29)23-14-8-5-9-15-23;1-10(2,3)8(12)7-9(13)11(4,5)6;/h4-16,18-21H,1-3H3;7,12H,1-6H3;/q-1;;/b;8-7-;. The van der Waals surface area contributed by atoms with E-state index in [1.165, 1.54) is 38.9 Å². The van der Waals surface area contributed by atoms with Crippen LogP contribution in [-0.2, 0) is 24.9 Å². The van der Waals surface area contributed by atoms with Crippen molar-refractivity contribution in [3.63, 3.8) is 0 Å². The zero-order valence-corrected chi connectivity index (χ0v) is 31.9. The van der Waals surface area contributed by atoms with Gasteiger partial charge >= 0.3 is 0 Å². The van der Waals surface area contributed by atoms with Crippen molar-refractivity contribution in [2.24, 2.45) is 10.8 Å². The summed E-state index contributed by atoms with van der Waals surface area (Å²) in [5.41, 5.74) is 7.23. The van der Waals surface area contributed by atoms with E-state index in [1.807, 2.05) is 47.6 Å². The summed E-state index contributed by atoms with van der Waals surface area (Å²) in [5, 5.41) is 12.3. The Bertz CT molecular complexity index is 1810. The number of aromatic nitrogens is 1. The molecule has 0 fully saturated rings. The molecule has 1 aromatic heterocycles. The molecule has 0 aliphatic carbocycles. The third-order valence-corrected chi connectivity index (χ3v) is 9.70. The Balaban J connectivity index is 0.000000352. The number of carbonyl (C=O) groups is 1. The van der Waals surface area contributed by atoms with Gasteiger partial charge in [0, 0.05) is 42.4 Å². The fraction of sp³-hybridized carbons (Fsp3) is 0.268. The quantitative estimate of drug-likeness (QED) is 0.0833. The average Bonchev–Trinajstić information content (AvgIpc) is 3.00. The van der Waals surface area contributed by atoms with Crippen LogP contribution in [0.1, 0.15) is 41.5 Å². The van der Waals surface area contributed by atoms with Crippen molar-refractivity contribution in [3.8, 4) is 33.5 Å². The van der Waals surface area contributed by atoms with Crippen LogP contribution in [0.5, 0.6) is 0 Å². The van der Waals surface area contributed by atoms with Crippen LogP contribution in [0.2, 0.25) is 19.6 Å². The maximum Gasteiger partial charge on any atom is 0.164 e. The van der Waals surface area contributed by atoms with Crippen molar-refractivity contribution in [1.82, 2.24) is 4.98 Å². The topological polar surface area (TPSA) is 50.2 Å². The molecule has 5 rings (SSSR count). The van der Waals surface area contributed by atoms with Gasteiger partial charge < -0.3 is 5.11 Å². The van der Waals surface area contributed by atoms with Gasteiger partial charge in [-0.3, -0.25) is 9.78 Å². The molecule has 5 aromatic rings. The number of pyridine rings is 1. The number of ketones is 1. The van der Waals surface area contributed by atoms with Gasteiger partial charge in [0.2, 0.25) is 0 Å². The van der Waals surface area contributed by atoms with Gasteiger partial charge in [0.05, 0.1) is 13.6 Å². The van der Waals surface area contributed by atoms with E-state index >= 15 is 0 Å². The Kier molecular flexibility index (Phi) is 11.9. The number of rotatable bonds is 5. The summed E-state index contributed by atoms with van der Waals surface area (Å²) in [6.07, 6.45) is 1.33. The number of nitrogens with zero attached hydrogens (tertiary/aromatic N) is 1. The molecule has 0 bridgehead atoms. The molecule has 4 aromatic carbocycles. The molecule has 0 aliphatic rings. The third-order valence-electron chi connectivity index (χ3n) is 7.69. The van der Waals surface area contributed by atoms with Crippen LogP contribution in [0.3, 0.4) is 0 Å². The number of aliphatic hydroxyl groups is 1. The van der Waals surface area contributed by atoms with E-state index in [9.17, 15) is 9.90 Å². The number of carbonyl (C=O) groups excluding carboxylic acids is 1. The van der Waals surface area contributed by atoms with Crippen LogP contribution in [0.25, 0.3) is 44.4 Å². The predicted octanol–water partition coefficient (Wildman–Crippen LogP) is 10.7. The molecular weight excluding hydrogens is 759 g/mol. The summed E-state index contributed by atoms with van der Waals surface area (Å²) in [5.74, 6) is 0.104. The Labute approximate surface area is 290 Å². The van der Waals surface area contributed by atoms with E-state index in [0.29, 0.717) is 0 Å². The molecule has 0 amide bonds. The smallest absolute Gasteiger partial charge is 0.164 e. The summed E-state index contributed by atoms with van der Waals surface area (Å²) >= 11 is 0. The van der Waals surface area contributed by atoms with Gasteiger partial charge in [-0.1, -0.05) is 145 Å². The summed E-state index contributed by atoms with van der Waals surface area (Å²) in [6.45, 7) is 18.4. The number of hydrogen-bond acceptors (Lipinski definition) is 3. The van der Waals surface area contributed by atoms with E-state index in [0.717, 1.165) is 16.8 Å². The molecule has 0 spiro atoms. The molecule has 0 saturated heterocycles. The first kappa shape index (κ1) is 36.8. The van der Waals surface area contributed by atoms with Crippen LogP contribution >= 0.6 is 0 Å². The van der Waals surface area contributed by atoms with Crippen LogP contribution in [0.15, 0.2) is 115 Å². The van der Waals surface area contributed by atoms with E-state index in [1.54, 1.807) is 0 Å². The van der Waals surface area contributed by atoms with Crippen molar-refractivity contribution in [2.45, 2.75) is 61.2 Å². The number of aliphatic hydroxyl groups excluding tert-OH is 1. The van der Waals surface area contributed by atoms with Gasteiger partial charge in [-0.05, 0) is 28.5 Å². The van der Waals surface area contributed by atoms with Crippen molar-refractivity contribution in [3.05, 3.63) is 121 Å². The first-order valence-electron chi connectivity index (χ1n) is 15.6. The number of fused-ring (bicyclic) bond motifs is 1. The fourth-order valence-corrected chi connectivity index (χ4v) is 6.44. The predicted molar refractivity (Wildman–Crippen MR) is 194 cm³/mol. The van der Waals surface area contributed by atoms with Gasteiger partial charge in [0.1, 0.15) is 5.76 Å². The minimum Gasteiger partial charge on any atom is -0.512 e. The Morgan fingerprint density at radius 2 is 1.33 bits per heavy atom. The van der Waals surface area contributed by atoms with Crippen molar-refractivity contribution < 1.29 is 30.0 Å². The molecule has 0 atom stereocenters. The van der Waals surface area contributed by atoms with Crippen LogP contribution < -0.4 is 5.19 Å². The SMILES string of the molecule is CC(C)(C)C(=O)/C=C(\O)C(C)(C)C.C[Si](C)(C)c1cc(-c2[c-]ccc(-c3ccccc3)c2)nc2cccc(-c3ccccc3)c12.[Ir]. The summed E-state index contributed by atoms with van der Waals surface area (Å²) in [4.78, 5) is 16.6. The molecule has 1 N–H and O–H groups in total. The zero-order chi connectivity index (χ0) is 33.0. The van der Waals surface area contributed by atoms with Crippen molar-refractivity contribution >= 4 is 29.9 Å². The zero-order valence-electron chi connectivity index (χ0n) is 28.5. The summed E-state index contributed by atoms with van der Waals surface area (Å²) in [7, 11) is -1.66. The average molecular weight is 805 g/mol. The first-order chi connectivity index (χ1) is 21.1. The fourth-order valence-electron chi connectivity index (χ4n) is 4.86. The maximum absolute atomic E-state index is 11.5. The first-order valence-corrected chi connectivity index (χ1v) is 19.1. The van der Waals surface area contributed by atoms with E-state index < -0.39 is 13.5 Å². The Morgan fingerprint density at radius 1 is 0.739 bits per heavy atom. The minimum atomic E-state index is -1.66. The largest absolute Gasteiger partial charge is 0.512 e. The Morgan fingerprint density at radius 3 is 1.87 bits per heavy atom. The molecule has 0 saturated carbocycles. The van der Waals surface area contributed by atoms with Gasteiger partial charge in [-0.2, -0.15) is 0 Å². The van der Waals surface area contributed by atoms with Crippen LogP contribution in [0.4, 0.5) is 0 Å². The number of benzene rings is 4. The van der Waals surface area contributed by atoms with Crippen LogP contribution in [0, 0.1) is 16.9 Å². The van der Waals surface area contributed by atoms with E-state index in [2.05, 4.69) is 123 Å². The molecule has 0 unspecified atom stereocenters. The minimum absolute atomic E-state index is 0. The Hall–Kier alpha value is -3.63. The normalized spacial score (nSPS) is 12.2. The molecule has 46 heavy (non-hydrogen) atoms. The molecule has 5 heteroatoms. The molecule has 0 aliphatic heterocycles. The van der Waals surface area contributed by atoms with E-state index in [4.69, 9.17) is 4.98 Å². The molecular formula is C41H46IrNO2Si-. The van der Waals surface area contributed by atoms with E-state index in [-0.39, 0.29) is 37.1 Å². The summed E-state index contributed by atoms with van der Waals surface area (Å²) < 4.78 is 0. The third kappa shape index (κ3) is 9.22. The molecule has 3 nitrogen and oxygen atoms in total. The second kappa shape index (κ2) is 14.9. The second-order valence-corrected chi connectivity index (χ2v) is 19.7.